The van der Waals surface area contributed by atoms with Gasteiger partial charge in [-0.1, -0.05) is 18.7 Å². The molecule has 1 rings (SSSR count). The van der Waals surface area contributed by atoms with E-state index in [1.54, 1.807) is 18.2 Å². The SMILES string of the molecule is C=C(Nc1cccc(C)c1)C(F)(F)F. The van der Waals surface area contributed by atoms with Crippen molar-refractivity contribution in [3.63, 3.8) is 0 Å². The average Bonchev–Trinajstić information content (AvgIpc) is 2.02. The molecule has 1 N–H and O–H groups in total. The minimum absolute atomic E-state index is 0.396. The Labute approximate surface area is 80.2 Å². The first-order valence-corrected chi connectivity index (χ1v) is 3.99. The maximum Gasteiger partial charge on any atom is 0.430 e. The molecule has 76 valence electrons. The first-order chi connectivity index (χ1) is 6.39. The third-order valence-electron chi connectivity index (χ3n) is 1.66. The third-order valence-corrected chi connectivity index (χ3v) is 1.66. The summed E-state index contributed by atoms with van der Waals surface area (Å²) in [6, 6.07) is 6.67. The van der Waals surface area contributed by atoms with E-state index in [2.05, 4.69) is 11.9 Å². The highest BCUT2D eigenvalue weighted by Crippen LogP contribution is 2.25. The number of benzene rings is 1. The summed E-state index contributed by atoms with van der Waals surface area (Å²) in [7, 11) is 0. The Bertz CT molecular complexity index is 341. The highest BCUT2D eigenvalue weighted by molar-refractivity contribution is 5.50. The number of halogens is 3. The predicted molar refractivity (Wildman–Crippen MR) is 50.0 cm³/mol. The van der Waals surface area contributed by atoms with Gasteiger partial charge in [-0.15, -0.1) is 0 Å². The zero-order chi connectivity index (χ0) is 10.8. The van der Waals surface area contributed by atoms with Crippen LogP contribution in [0.4, 0.5) is 18.9 Å². The number of alkyl halides is 3. The molecule has 0 saturated carbocycles. The molecule has 0 atom stereocenters. The van der Waals surface area contributed by atoms with Crippen LogP contribution in [0.15, 0.2) is 36.5 Å². The van der Waals surface area contributed by atoms with Gasteiger partial charge in [-0.25, -0.2) is 0 Å². The van der Waals surface area contributed by atoms with Crippen molar-refractivity contribution in [2.45, 2.75) is 13.1 Å². The predicted octanol–water partition coefficient (Wildman–Crippen LogP) is 3.48. The smallest absolute Gasteiger partial charge is 0.352 e. The second kappa shape index (κ2) is 3.74. The van der Waals surface area contributed by atoms with E-state index in [9.17, 15) is 13.2 Å². The van der Waals surface area contributed by atoms with E-state index >= 15 is 0 Å². The molecule has 1 aromatic rings. The van der Waals surface area contributed by atoms with Gasteiger partial charge >= 0.3 is 6.18 Å². The topological polar surface area (TPSA) is 12.0 Å². The van der Waals surface area contributed by atoms with E-state index < -0.39 is 11.9 Å². The lowest BCUT2D eigenvalue weighted by Crippen LogP contribution is -2.17. The van der Waals surface area contributed by atoms with E-state index in [0.717, 1.165) is 5.56 Å². The fourth-order valence-corrected chi connectivity index (χ4v) is 0.968. The quantitative estimate of drug-likeness (QED) is 0.772. The van der Waals surface area contributed by atoms with Gasteiger partial charge < -0.3 is 5.32 Å². The summed E-state index contributed by atoms with van der Waals surface area (Å²) in [5.74, 6) is 0. The van der Waals surface area contributed by atoms with Gasteiger partial charge in [0.1, 0.15) is 5.70 Å². The fraction of sp³-hybridized carbons (Fsp3) is 0.200. The molecule has 0 unspecified atom stereocenters. The minimum Gasteiger partial charge on any atom is -0.352 e. The molecule has 0 spiro atoms. The molecule has 0 bridgehead atoms. The van der Waals surface area contributed by atoms with Crippen LogP contribution in [0.3, 0.4) is 0 Å². The molecular weight excluding hydrogens is 191 g/mol. The maximum absolute atomic E-state index is 12.1. The number of hydrogen-bond acceptors (Lipinski definition) is 1. The Balaban J connectivity index is 2.75. The zero-order valence-electron chi connectivity index (χ0n) is 7.65. The number of rotatable bonds is 2. The van der Waals surface area contributed by atoms with E-state index in [1.165, 1.54) is 0 Å². The van der Waals surface area contributed by atoms with Gasteiger partial charge in [-0.2, -0.15) is 13.2 Å². The summed E-state index contributed by atoms with van der Waals surface area (Å²) in [4.78, 5) is 0. The average molecular weight is 201 g/mol. The first kappa shape index (κ1) is 10.6. The lowest BCUT2D eigenvalue weighted by Gasteiger charge is -2.12. The van der Waals surface area contributed by atoms with Crippen molar-refractivity contribution in [3.05, 3.63) is 42.1 Å². The van der Waals surface area contributed by atoms with Crippen LogP contribution in [-0.2, 0) is 0 Å². The van der Waals surface area contributed by atoms with Gasteiger partial charge in [0, 0.05) is 5.69 Å². The number of aryl methyl sites for hydroxylation is 1. The normalized spacial score (nSPS) is 11.1. The fourth-order valence-electron chi connectivity index (χ4n) is 0.968. The van der Waals surface area contributed by atoms with Crippen LogP contribution < -0.4 is 5.32 Å². The van der Waals surface area contributed by atoms with Crippen molar-refractivity contribution in [1.82, 2.24) is 0 Å². The third kappa shape index (κ3) is 2.80. The molecule has 0 aliphatic rings. The molecule has 0 aliphatic heterocycles. The van der Waals surface area contributed by atoms with E-state index in [-0.39, 0.29) is 0 Å². The number of anilines is 1. The molecule has 0 radical (unpaired) electrons. The molecule has 1 aromatic carbocycles. The van der Waals surface area contributed by atoms with E-state index in [0.29, 0.717) is 5.69 Å². The summed E-state index contributed by atoms with van der Waals surface area (Å²) >= 11 is 0. The van der Waals surface area contributed by atoms with Crippen LogP contribution in [0, 0.1) is 6.92 Å². The second-order valence-electron chi connectivity index (χ2n) is 2.97. The lowest BCUT2D eigenvalue weighted by molar-refractivity contribution is -0.0898. The van der Waals surface area contributed by atoms with Crippen LogP contribution >= 0.6 is 0 Å². The Hall–Kier alpha value is -1.45. The number of nitrogens with one attached hydrogen (secondary N) is 1. The van der Waals surface area contributed by atoms with Crippen LogP contribution in [0.5, 0.6) is 0 Å². The zero-order valence-corrected chi connectivity index (χ0v) is 7.65. The molecule has 0 aliphatic carbocycles. The summed E-state index contributed by atoms with van der Waals surface area (Å²) in [5, 5.41) is 2.20. The van der Waals surface area contributed by atoms with Crippen molar-refractivity contribution in [2.24, 2.45) is 0 Å². The van der Waals surface area contributed by atoms with Gasteiger partial charge in [-0.3, -0.25) is 0 Å². The van der Waals surface area contributed by atoms with Crippen molar-refractivity contribution in [3.8, 4) is 0 Å². The first-order valence-electron chi connectivity index (χ1n) is 3.99. The monoisotopic (exact) mass is 201 g/mol. The molecule has 0 fully saturated rings. The van der Waals surface area contributed by atoms with Crippen molar-refractivity contribution in [1.29, 1.82) is 0 Å². The maximum atomic E-state index is 12.1. The van der Waals surface area contributed by atoms with Crippen LogP contribution in [-0.4, -0.2) is 6.18 Å². The van der Waals surface area contributed by atoms with Gasteiger partial charge in [0.15, 0.2) is 0 Å². The molecule has 4 heteroatoms. The van der Waals surface area contributed by atoms with Crippen molar-refractivity contribution >= 4 is 5.69 Å². The molecule has 0 aromatic heterocycles. The highest BCUT2D eigenvalue weighted by atomic mass is 19.4. The van der Waals surface area contributed by atoms with Gasteiger partial charge in [0.25, 0.3) is 0 Å². The Morgan fingerprint density at radius 1 is 1.36 bits per heavy atom. The molecule has 0 heterocycles. The second-order valence-corrected chi connectivity index (χ2v) is 2.97. The Kier molecular flexibility index (Phi) is 2.84. The van der Waals surface area contributed by atoms with Gasteiger partial charge in [0.2, 0.25) is 0 Å². The molecule has 0 saturated heterocycles. The summed E-state index contributed by atoms with van der Waals surface area (Å²) in [6.45, 7) is 4.72. The lowest BCUT2D eigenvalue weighted by atomic mass is 10.2. The van der Waals surface area contributed by atoms with Crippen molar-refractivity contribution in [2.75, 3.05) is 5.32 Å². The van der Waals surface area contributed by atoms with E-state index in [1.807, 2.05) is 13.0 Å². The standard InChI is InChI=1S/C10H10F3N/c1-7-4-3-5-9(6-7)14-8(2)10(11,12)13/h3-6,14H,2H2,1H3. The Morgan fingerprint density at radius 2 is 2.00 bits per heavy atom. The van der Waals surface area contributed by atoms with Gasteiger partial charge in [0.05, 0.1) is 0 Å². The highest BCUT2D eigenvalue weighted by Gasteiger charge is 2.32. The number of hydrogen-bond donors (Lipinski definition) is 1. The summed E-state index contributed by atoms with van der Waals surface area (Å²) in [5.41, 5.74) is 0.334. The van der Waals surface area contributed by atoms with E-state index in [4.69, 9.17) is 0 Å². The molecule has 14 heavy (non-hydrogen) atoms. The largest absolute Gasteiger partial charge is 0.430 e. The van der Waals surface area contributed by atoms with Gasteiger partial charge in [-0.05, 0) is 24.6 Å². The number of allylic oxidation sites excluding steroid dienone is 1. The van der Waals surface area contributed by atoms with Crippen LogP contribution in [0.1, 0.15) is 5.56 Å². The summed E-state index contributed by atoms with van der Waals surface area (Å²) < 4.78 is 36.2. The molecule has 0 amide bonds. The molecular formula is C10H10F3N. The summed E-state index contributed by atoms with van der Waals surface area (Å²) in [6.07, 6.45) is -4.40. The minimum atomic E-state index is -4.40. The van der Waals surface area contributed by atoms with Crippen molar-refractivity contribution < 1.29 is 13.2 Å². The molecule has 1 nitrogen and oxygen atoms in total. The van der Waals surface area contributed by atoms with Crippen LogP contribution in [0.2, 0.25) is 0 Å². The van der Waals surface area contributed by atoms with Crippen LogP contribution in [0.25, 0.3) is 0 Å². The Morgan fingerprint density at radius 3 is 2.50 bits per heavy atom.